The number of hydrogen-bond acceptors (Lipinski definition) is 5. The van der Waals surface area contributed by atoms with Gasteiger partial charge in [-0.05, 0) is 6.92 Å². The van der Waals surface area contributed by atoms with Crippen LogP contribution in [0.4, 0.5) is 0 Å². The number of hydrogen-bond donors (Lipinski definition) is 0. The zero-order chi connectivity index (χ0) is 19.4. The van der Waals surface area contributed by atoms with Gasteiger partial charge in [0.05, 0.1) is 0 Å². The Balaban J connectivity index is 1.82. The molecule has 6 heteroatoms. The van der Waals surface area contributed by atoms with E-state index in [0.717, 1.165) is 16.1 Å². The van der Waals surface area contributed by atoms with Crippen molar-refractivity contribution in [1.82, 2.24) is 9.88 Å². The molecule has 2 aromatic carbocycles. The first-order valence-electron chi connectivity index (χ1n) is 8.45. The summed E-state index contributed by atoms with van der Waals surface area (Å²) in [6.07, 6.45) is -1.00. The first-order valence-corrected chi connectivity index (χ1v) is 9.33. The summed E-state index contributed by atoms with van der Waals surface area (Å²) < 4.78 is 5.53. The smallest absolute Gasteiger partial charge is 0.358 e. The van der Waals surface area contributed by atoms with E-state index in [2.05, 4.69) is 4.98 Å². The van der Waals surface area contributed by atoms with Gasteiger partial charge in [-0.3, -0.25) is 4.79 Å². The number of aryl methyl sites for hydroxylation is 1. The van der Waals surface area contributed by atoms with Crippen molar-refractivity contribution < 1.29 is 14.3 Å². The van der Waals surface area contributed by atoms with Crippen LogP contribution in [-0.4, -0.2) is 35.9 Å². The van der Waals surface area contributed by atoms with E-state index in [1.54, 1.807) is 43.7 Å². The lowest BCUT2D eigenvalue weighted by atomic mass is 10.1. The fourth-order valence-corrected chi connectivity index (χ4v) is 3.28. The number of carbonyl (C=O) groups is 2. The second kappa shape index (κ2) is 8.14. The third kappa shape index (κ3) is 4.41. The van der Waals surface area contributed by atoms with Crippen LogP contribution in [0.25, 0.3) is 10.6 Å². The lowest BCUT2D eigenvalue weighted by Crippen LogP contribution is -2.31. The molecule has 0 saturated heterocycles. The third-order valence-corrected chi connectivity index (χ3v) is 4.90. The highest BCUT2D eigenvalue weighted by Gasteiger charge is 2.28. The molecule has 1 atom stereocenters. The molecule has 5 nitrogen and oxygen atoms in total. The fourth-order valence-electron chi connectivity index (χ4n) is 2.49. The van der Waals surface area contributed by atoms with Crippen LogP contribution in [0.3, 0.4) is 0 Å². The summed E-state index contributed by atoms with van der Waals surface area (Å²) in [4.78, 5) is 30.9. The molecule has 0 fully saturated rings. The molecule has 1 amide bonds. The second-order valence-electron chi connectivity index (χ2n) is 6.33. The van der Waals surface area contributed by atoms with Crippen LogP contribution in [-0.2, 0) is 9.53 Å². The maximum atomic E-state index is 12.6. The number of amides is 1. The van der Waals surface area contributed by atoms with Gasteiger partial charge in [-0.15, -0.1) is 11.3 Å². The number of rotatable bonds is 5. The fraction of sp³-hybridized carbons (Fsp3) is 0.190. The van der Waals surface area contributed by atoms with Gasteiger partial charge in [0.2, 0.25) is 6.10 Å². The van der Waals surface area contributed by atoms with Crippen molar-refractivity contribution in [2.24, 2.45) is 0 Å². The minimum atomic E-state index is -1.00. The van der Waals surface area contributed by atoms with Crippen molar-refractivity contribution in [3.8, 4) is 10.6 Å². The van der Waals surface area contributed by atoms with Gasteiger partial charge in [-0.1, -0.05) is 60.2 Å². The Morgan fingerprint density at radius 2 is 1.70 bits per heavy atom. The summed E-state index contributed by atoms with van der Waals surface area (Å²) >= 11 is 1.37. The molecule has 0 aliphatic heterocycles. The third-order valence-electron chi connectivity index (χ3n) is 4.00. The Hall–Kier alpha value is -2.99. The minimum Gasteiger partial charge on any atom is -0.443 e. The van der Waals surface area contributed by atoms with Crippen molar-refractivity contribution in [3.63, 3.8) is 0 Å². The minimum absolute atomic E-state index is 0.197. The van der Waals surface area contributed by atoms with Crippen molar-refractivity contribution in [2.45, 2.75) is 13.0 Å². The van der Waals surface area contributed by atoms with Crippen LogP contribution in [0.15, 0.2) is 60.0 Å². The van der Waals surface area contributed by atoms with E-state index in [4.69, 9.17) is 4.74 Å². The van der Waals surface area contributed by atoms with Crippen LogP contribution in [0, 0.1) is 6.92 Å². The number of carbonyl (C=O) groups excluding carboxylic acids is 2. The van der Waals surface area contributed by atoms with Gasteiger partial charge >= 0.3 is 5.97 Å². The Morgan fingerprint density at radius 3 is 2.33 bits per heavy atom. The summed E-state index contributed by atoms with van der Waals surface area (Å²) in [7, 11) is 3.26. The number of nitrogens with zero attached hydrogens (tertiary/aromatic N) is 2. The van der Waals surface area contributed by atoms with Crippen molar-refractivity contribution in [3.05, 3.63) is 76.8 Å². The predicted molar refractivity (Wildman–Crippen MR) is 106 cm³/mol. The molecular weight excluding hydrogens is 360 g/mol. The molecule has 1 unspecified atom stereocenters. The summed E-state index contributed by atoms with van der Waals surface area (Å²) in [5.74, 6) is -0.919. The van der Waals surface area contributed by atoms with Crippen LogP contribution in [0.1, 0.15) is 27.7 Å². The van der Waals surface area contributed by atoms with E-state index in [-0.39, 0.29) is 11.6 Å². The topological polar surface area (TPSA) is 59.5 Å². The van der Waals surface area contributed by atoms with E-state index >= 15 is 0 Å². The molecule has 1 heterocycles. The van der Waals surface area contributed by atoms with Gasteiger partial charge in [0.15, 0.2) is 5.69 Å². The zero-order valence-electron chi connectivity index (χ0n) is 15.4. The normalized spacial score (nSPS) is 11.7. The van der Waals surface area contributed by atoms with Crippen molar-refractivity contribution in [2.75, 3.05) is 14.1 Å². The molecule has 3 rings (SSSR count). The molecule has 0 saturated carbocycles. The standard InChI is InChI=1S/C21H20N2O3S/c1-14-9-11-16(12-10-14)19-22-17(13-27-19)21(25)26-18(20(24)23(2)3)15-7-5-4-6-8-15/h4-13,18H,1-3H3. The van der Waals surface area contributed by atoms with Gasteiger partial charge in [-0.25, -0.2) is 9.78 Å². The Morgan fingerprint density at radius 1 is 1.04 bits per heavy atom. The highest BCUT2D eigenvalue weighted by Crippen LogP contribution is 2.26. The van der Waals surface area contributed by atoms with E-state index in [1.165, 1.54) is 16.2 Å². The monoisotopic (exact) mass is 380 g/mol. The average Bonchev–Trinajstić information content (AvgIpc) is 3.17. The summed E-state index contributed by atoms with van der Waals surface area (Å²) in [5, 5.41) is 2.39. The largest absolute Gasteiger partial charge is 0.443 e. The van der Waals surface area contributed by atoms with Gasteiger partial charge in [0.25, 0.3) is 5.91 Å². The summed E-state index contributed by atoms with van der Waals surface area (Å²) in [5.41, 5.74) is 2.91. The molecule has 0 aliphatic rings. The quantitative estimate of drug-likeness (QED) is 0.625. The number of esters is 1. The first kappa shape index (κ1) is 18.8. The Bertz CT molecular complexity index is 934. The molecule has 0 bridgehead atoms. The van der Waals surface area contributed by atoms with Crippen LogP contribution >= 0.6 is 11.3 Å². The second-order valence-corrected chi connectivity index (χ2v) is 7.19. The van der Waals surface area contributed by atoms with Gasteiger partial charge in [-0.2, -0.15) is 0 Å². The molecule has 27 heavy (non-hydrogen) atoms. The SMILES string of the molecule is Cc1ccc(-c2nc(C(=O)OC(C(=O)N(C)C)c3ccccc3)cs2)cc1. The predicted octanol–water partition coefficient (Wildman–Crippen LogP) is 4.10. The number of aromatic nitrogens is 1. The number of likely N-dealkylation sites (N-methyl/N-ethyl adjacent to an activating group) is 1. The van der Waals surface area contributed by atoms with E-state index in [0.29, 0.717) is 5.56 Å². The van der Waals surface area contributed by atoms with Crippen LogP contribution in [0.5, 0.6) is 0 Å². The lowest BCUT2D eigenvalue weighted by Gasteiger charge is -2.20. The van der Waals surface area contributed by atoms with Gasteiger partial charge in [0, 0.05) is 30.6 Å². The van der Waals surface area contributed by atoms with E-state index in [9.17, 15) is 9.59 Å². The van der Waals surface area contributed by atoms with Crippen LogP contribution in [0.2, 0.25) is 0 Å². The maximum absolute atomic E-state index is 12.6. The molecular formula is C21H20N2O3S. The molecule has 138 valence electrons. The highest BCUT2D eigenvalue weighted by atomic mass is 32.1. The van der Waals surface area contributed by atoms with Crippen molar-refractivity contribution in [1.29, 1.82) is 0 Å². The first-order chi connectivity index (χ1) is 13.0. The van der Waals surface area contributed by atoms with Gasteiger partial charge in [0.1, 0.15) is 5.01 Å². The Labute approximate surface area is 162 Å². The molecule has 0 spiro atoms. The zero-order valence-corrected chi connectivity index (χ0v) is 16.2. The molecule has 1 aromatic heterocycles. The van der Waals surface area contributed by atoms with E-state index in [1.807, 2.05) is 37.3 Å². The number of ether oxygens (including phenoxy) is 1. The van der Waals surface area contributed by atoms with E-state index < -0.39 is 12.1 Å². The number of benzene rings is 2. The summed E-state index contributed by atoms with van der Waals surface area (Å²) in [6.45, 7) is 2.01. The van der Waals surface area contributed by atoms with Crippen molar-refractivity contribution >= 4 is 23.2 Å². The molecule has 0 N–H and O–H groups in total. The molecule has 0 aliphatic carbocycles. The van der Waals surface area contributed by atoms with Crippen LogP contribution < -0.4 is 0 Å². The average molecular weight is 380 g/mol. The number of thiazole rings is 1. The molecule has 0 radical (unpaired) electrons. The Kier molecular flexibility index (Phi) is 5.66. The lowest BCUT2D eigenvalue weighted by molar-refractivity contribution is -0.138. The maximum Gasteiger partial charge on any atom is 0.358 e. The highest BCUT2D eigenvalue weighted by molar-refractivity contribution is 7.13. The van der Waals surface area contributed by atoms with Gasteiger partial charge < -0.3 is 9.64 Å². The molecule has 3 aromatic rings. The summed E-state index contributed by atoms with van der Waals surface area (Å²) in [6, 6.07) is 16.9.